The minimum Gasteiger partial charge on any atom is -0.377 e. The molecule has 0 amide bonds. The van der Waals surface area contributed by atoms with Gasteiger partial charge in [0.15, 0.2) is 0 Å². The highest BCUT2D eigenvalue weighted by molar-refractivity contribution is 6.30. The van der Waals surface area contributed by atoms with Crippen LogP contribution < -0.4 is 10.2 Å². The van der Waals surface area contributed by atoms with Crippen molar-refractivity contribution in [3.05, 3.63) is 52.5 Å². The van der Waals surface area contributed by atoms with Crippen LogP contribution in [0.5, 0.6) is 0 Å². The minimum absolute atomic E-state index is 0.532. The molecule has 2 aromatic carbocycles. The zero-order chi connectivity index (χ0) is 14.7. The minimum atomic E-state index is 0.532. The molecule has 20 heavy (non-hydrogen) atoms. The predicted molar refractivity (Wildman–Crippen MR) is 85.0 cm³/mol. The Hall–Kier alpha value is -2.18. The van der Waals surface area contributed by atoms with Crippen LogP contribution in [0.3, 0.4) is 0 Å². The Balaban J connectivity index is 2.36. The van der Waals surface area contributed by atoms with Crippen LogP contribution in [0.2, 0.25) is 5.02 Å². The van der Waals surface area contributed by atoms with Gasteiger partial charge in [0.05, 0.1) is 11.3 Å². The lowest BCUT2D eigenvalue weighted by Gasteiger charge is -2.17. The topological polar surface area (TPSA) is 39.1 Å². The second kappa shape index (κ2) is 5.85. The lowest BCUT2D eigenvalue weighted by atomic mass is 10.1. The fraction of sp³-hybridized carbons (Fsp3) is 0.188. The molecule has 0 heterocycles. The first-order chi connectivity index (χ1) is 9.51. The van der Waals surface area contributed by atoms with Gasteiger partial charge in [-0.05, 0) is 42.8 Å². The molecule has 0 aromatic heterocycles. The monoisotopic (exact) mass is 285 g/mol. The van der Waals surface area contributed by atoms with Gasteiger partial charge in [-0.25, -0.2) is 0 Å². The van der Waals surface area contributed by atoms with Gasteiger partial charge in [0, 0.05) is 30.5 Å². The van der Waals surface area contributed by atoms with Crippen LogP contribution in [0.15, 0.2) is 36.4 Å². The van der Waals surface area contributed by atoms with Gasteiger partial charge in [-0.15, -0.1) is 0 Å². The summed E-state index contributed by atoms with van der Waals surface area (Å²) in [6.45, 7) is 2.07. The number of nitrogens with one attached hydrogen (secondary N) is 1. The number of hydrogen-bond acceptors (Lipinski definition) is 3. The highest BCUT2D eigenvalue weighted by Gasteiger charge is 2.06. The maximum atomic E-state index is 9.15. The number of halogens is 1. The second-order valence-electron chi connectivity index (χ2n) is 4.82. The van der Waals surface area contributed by atoms with Gasteiger partial charge in [0.25, 0.3) is 0 Å². The number of aryl methyl sites for hydroxylation is 1. The average molecular weight is 286 g/mol. The summed E-state index contributed by atoms with van der Waals surface area (Å²) < 4.78 is 0. The number of nitriles is 1. The van der Waals surface area contributed by atoms with Gasteiger partial charge in [0.1, 0.15) is 6.07 Å². The molecule has 102 valence electrons. The van der Waals surface area contributed by atoms with Gasteiger partial charge in [-0.1, -0.05) is 17.7 Å². The van der Waals surface area contributed by atoms with Crippen molar-refractivity contribution in [2.75, 3.05) is 24.3 Å². The molecule has 0 saturated heterocycles. The molecular weight excluding hydrogens is 270 g/mol. The second-order valence-corrected chi connectivity index (χ2v) is 5.26. The van der Waals surface area contributed by atoms with E-state index in [1.54, 1.807) is 12.1 Å². The zero-order valence-corrected chi connectivity index (χ0v) is 12.5. The van der Waals surface area contributed by atoms with Crippen molar-refractivity contribution in [1.82, 2.24) is 0 Å². The Morgan fingerprint density at radius 1 is 1.15 bits per heavy atom. The largest absolute Gasteiger partial charge is 0.377 e. The molecule has 0 fully saturated rings. The van der Waals surface area contributed by atoms with Crippen LogP contribution in [-0.4, -0.2) is 14.1 Å². The third-order valence-corrected chi connectivity index (χ3v) is 3.31. The molecule has 0 atom stereocenters. The van der Waals surface area contributed by atoms with E-state index in [1.807, 2.05) is 26.2 Å². The Bertz CT molecular complexity index is 672. The maximum absolute atomic E-state index is 9.15. The Morgan fingerprint density at radius 3 is 2.55 bits per heavy atom. The van der Waals surface area contributed by atoms with E-state index in [1.165, 1.54) is 5.56 Å². The lowest BCUT2D eigenvalue weighted by molar-refractivity contribution is 1.11. The smallest absolute Gasteiger partial charge is 0.101 e. The van der Waals surface area contributed by atoms with Crippen LogP contribution >= 0.6 is 11.6 Å². The van der Waals surface area contributed by atoms with Crippen molar-refractivity contribution in [3.8, 4) is 6.07 Å². The Morgan fingerprint density at radius 2 is 1.90 bits per heavy atom. The quantitative estimate of drug-likeness (QED) is 0.912. The van der Waals surface area contributed by atoms with Crippen LogP contribution in [0.25, 0.3) is 0 Å². The van der Waals surface area contributed by atoms with E-state index in [2.05, 4.69) is 35.3 Å². The zero-order valence-electron chi connectivity index (χ0n) is 11.7. The normalized spacial score (nSPS) is 9.95. The average Bonchev–Trinajstić information content (AvgIpc) is 2.42. The Kier molecular flexibility index (Phi) is 4.16. The molecule has 0 aliphatic heterocycles. The number of anilines is 3. The molecule has 0 spiro atoms. The van der Waals surface area contributed by atoms with E-state index in [4.69, 9.17) is 16.9 Å². The number of hydrogen-bond donors (Lipinski definition) is 1. The fourth-order valence-electron chi connectivity index (χ4n) is 2.04. The lowest BCUT2D eigenvalue weighted by Crippen LogP contribution is -2.10. The number of benzene rings is 2. The van der Waals surface area contributed by atoms with Gasteiger partial charge >= 0.3 is 0 Å². The van der Waals surface area contributed by atoms with E-state index in [0.717, 1.165) is 17.1 Å². The molecule has 0 aliphatic carbocycles. The van der Waals surface area contributed by atoms with Crippen LogP contribution in [0.4, 0.5) is 17.1 Å². The third kappa shape index (κ3) is 3.04. The summed E-state index contributed by atoms with van der Waals surface area (Å²) in [6, 6.07) is 13.5. The van der Waals surface area contributed by atoms with Crippen molar-refractivity contribution in [3.63, 3.8) is 0 Å². The SMILES string of the molecule is Cc1ccc(Nc2ccc(Cl)cc2C#N)cc1N(C)C. The van der Waals surface area contributed by atoms with E-state index >= 15 is 0 Å². The molecule has 2 rings (SSSR count). The van der Waals surface area contributed by atoms with E-state index in [9.17, 15) is 0 Å². The molecular formula is C16H16ClN3. The summed E-state index contributed by atoms with van der Waals surface area (Å²) in [7, 11) is 4.02. The summed E-state index contributed by atoms with van der Waals surface area (Å²) >= 11 is 5.90. The van der Waals surface area contributed by atoms with Crippen LogP contribution in [0.1, 0.15) is 11.1 Å². The Labute approximate surface area is 124 Å². The van der Waals surface area contributed by atoms with Crippen molar-refractivity contribution < 1.29 is 0 Å². The van der Waals surface area contributed by atoms with E-state index in [0.29, 0.717) is 10.6 Å². The first kappa shape index (κ1) is 14.2. The summed E-state index contributed by atoms with van der Waals surface area (Å²) in [6.07, 6.45) is 0. The molecule has 0 unspecified atom stereocenters. The summed E-state index contributed by atoms with van der Waals surface area (Å²) in [5.41, 5.74) is 4.58. The number of rotatable bonds is 3. The molecule has 2 aromatic rings. The van der Waals surface area contributed by atoms with E-state index < -0.39 is 0 Å². The van der Waals surface area contributed by atoms with Crippen LogP contribution in [0, 0.1) is 18.3 Å². The van der Waals surface area contributed by atoms with E-state index in [-0.39, 0.29) is 0 Å². The standard InChI is InChI=1S/C16H16ClN3/c1-11-4-6-14(9-16(11)20(2)3)19-15-7-5-13(17)8-12(15)10-18/h4-9,19H,1-3H3. The van der Waals surface area contributed by atoms with Crippen molar-refractivity contribution in [2.45, 2.75) is 6.92 Å². The van der Waals surface area contributed by atoms with Crippen molar-refractivity contribution >= 4 is 28.7 Å². The fourth-order valence-corrected chi connectivity index (χ4v) is 2.21. The van der Waals surface area contributed by atoms with Gasteiger partial charge < -0.3 is 10.2 Å². The van der Waals surface area contributed by atoms with Gasteiger partial charge in [-0.2, -0.15) is 5.26 Å². The molecule has 4 heteroatoms. The molecule has 1 N–H and O–H groups in total. The summed E-state index contributed by atoms with van der Waals surface area (Å²) in [5, 5.41) is 13.0. The molecule has 3 nitrogen and oxygen atoms in total. The predicted octanol–water partition coefficient (Wildman–Crippen LogP) is 4.33. The molecule has 0 radical (unpaired) electrons. The number of nitrogens with zero attached hydrogens (tertiary/aromatic N) is 2. The molecule has 0 saturated carbocycles. The van der Waals surface area contributed by atoms with Gasteiger partial charge in [0.2, 0.25) is 0 Å². The van der Waals surface area contributed by atoms with Crippen LogP contribution in [-0.2, 0) is 0 Å². The van der Waals surface area contributed by atoms with Crippen molar-refractivity contribution in [2.24, 2.45) is 0 Å². The van der Waals surface area contributed by atoms with Gasteiger partial charge in [-0.3, -0.25) is 0 Å². The third-order valence-electron chi connectivity index (χ3n) is 3.07. The highest BCUT2D eigenvalue weighted by Crippen LogP contribution is 2.27. The first-order valence-electron chi connectivity index (χ1n) is 6.26. The summed E-state index contributed by atoms with van der Waals surface area (Å²) in [5.74, 6) is 0. The molecule has 0 aliphatic rings. The van der Waals surface area contributed by atoms with Crippen molar-refractivity contribution in [1.29, 1.82) is 5.26 Å². The highest BCUT2D eigenvalue weighted by atomic mass is 35.5. The summed E-state index contributed by atoms with van der Waals surface area (Å²) in [4.78, 5) is 2.06. The first-order valence-corrected chi connectivity index (χ1v) is 6.63. The molecule has 0 bridgehead atoms. The maximum Gasteiger partial charge on any atom is 0.101 e.